The van der Waals surface area contributed by atoms with Crippen molar-refractivity contribution in [3.8, 4) is 0 Å². The third-order valence-corrected chi connectivity index (χ3v) is 4.81. The summed E-state index contributed by atoms with van der Waals surface area (Å²) in [6.45, 7) is 1.42. The van der Waals surface area contributed by atoms with E-state index in [0.717, 1.165) is 50.3 Å². The quantitative estimate of drug-likeness (QED) is 0.366. The van der Waals surface area contributed by atoms with Gasteiger partial charge in [-0.05, 0) is 38.0 Å². The number of hydrazone groups is 1. The topological polar surface area (TPSA) is 99.7 Å². The lowest BCUT2D eigenvalue weighted by atomic mass is 9.95. The summed E-state index contributed by atoms with van der Waals surface area (Å²) in [6, 6.07) is 2.53. The van der Waals surface area contributed by atoms with Crippen molar-refractivity contribution in [3.63, 3.8) is 0 Å². The number of carbonyl (C=O) groups excluding carboxylic acids is 3. The molecule has 1 saturated carbocycles. The standard InChI is InChI=1S/C19H22ClF3N4O3/c1-11(26-27-18(30)17(29)24-13-5-3-2-4-6-13)9-16(28)25-15-10-12(19(21,22)23)7-8-14(15)20/h7-8,10,13H,2-6,9H2,1H3,(H,24,29)(H,25,28)(H,27,30)/b26-11+. The number of halogens is 4. The molecule has 11 heteroatoms. The minimum Gasteiger partial charge on any atom is -0.345 e. The maximum absolute atomic E-state index is 12.8. The van der Waals surface area contributed by atoms with E-state index in [-0.39, 0.29) is 28.9 Å². The molecule has 1 fully saturated rings. The number of nitrogens with one attached hydrogen (secondary N) is 3. The van der Waals surface area contributed by atoms with Crippen molar-refractivity contribution < 1.29 is 27.6 Å². The maximum atomic E-state index is 12.8. The summed E-state index contributed by atoms with van der Waals surface area (Å²) in [6.07, 6.45) is -0.167. The van der Waals surface area contributed by atoms with Gasteiger partial charge in [-0.2, -0.15) is 18.3 Å². The van der Waals surface area contributed by atoms with E-state index in [4.69, 9.17) is 11.6 Å². The Hall–Kier alpha value is -2.62. The number of hydrogen-bond acceptors (Lipinski definition) is 4. The number of hydrogen-bond donors (Lipinski definition) is 3. The van der Waals surface area contributed by atoms with Crippen molar-refractivity contribution in [2.45, 2.75) is 57.7 Å². The first-order valence-corrected chi connectivity index (χ1v) is 9.74. The number of carbonyl (C=O) groups is 3. The predicted octanol–water partition coefficient (Wildman–Crippen LogP) is 3.63. The first-order chi connectivity index (χ1) is 14.1. The van der Waals surface area contributed by atoms with E-state index in [9.17, 15) is 27.6 Å². The Kier molecular flexibility index (Phi) is 8.22. The van der Waals surface area contributed by atoms with Crippen LogP contribution in [0.5, 0.6) is 0 Å². The highest BCUT2D eigenvalue weighted by Gasteiger charge is 2.31. The molecule has 30 heavy (non-hydrogen) atoms. The third kappa shape index (κ3) is 7.33. The number of rotatable bonds is 5. The molecule has 1 aromatic rings. The molecule has 0 bridgehead atoms. The molecule has 164 valence electrons. The monoisotopic (exact) mass is 446 g/mol. The Labute approximate surface area is 176 Å². The summed E-state index contributed by atoms with van der Waals surface area (Å²) in [7, 11) is 0. The Morgan fingerprint density at radius 1 is 1.13 bits per heavy atom. The lowest BCUT2D eigenvalue weighted by Gasteiger charge is -2.22. The molecule has 7 nitrogen and oxygen atoms in total. The van der Waals surface area contributed by atoms with E-state index in [0.29, 0.717) is 0 Å². The minimum atomic E-state index is -4.58. The van der Waals surface area contributed by atoms with E-state index < -0.39 is 29.5 Å². The van der Waals surface area contributed by atoms with E-state index >= 15 is 0 Å². The zero-order valence-corrected chi connectivity index (χ0v) is 17.0. The fourth-order valence-corrected chi connectivity index (χ4v) is 3.12. The fraction of sp³-hybridized carbons (Fsp3) is 0.474. The average molecular weight is 447 g/mol. The highest BCUT2D eigenvalue weighted by molar-refractivity contribution is 6.35. The van der Waals surface area contributed by atoms with E-state index in [2.05, 4.69) is 21.2 Å². The van der Waals surface area contributed by atoms with Gasteiger partial charge < -0.3 is 10.6 Å². The molecule has 0 aromatic heterocycles. The first kappa shape index (κ1) is 23.7. The zero-order chi connectivity index (χ0) is 22.3. The molecule has 1 aliphatic rings. The van der Waals surface area contributed by atoms with Crippen LogP contribution < -0.4 is 16.1 Å². The van der Waals surface area contributed by atoms with Crippen LogP contribution in [0.2, 0.25) is 5.02 Å². The van der Waals surface area contributed by atoms with Gasteiger partial charge in [0.2, 0.25) is 5.91 Å². The van der Waals surface area contributed by atoms with Gasteiger partial charge >= 0.3 is 18.0 Å². The average Bonchev–Trinajstić information content (AvgIpc) is 2.67. The summed E-state index contributed by atoms with van der Waals surface area (Å²) < 4.78 is 38.4. The zero-order valence-electron chi connectivity index (χ0n) is 16.2. The van der Waals surface area contributed by atoms with Crippen LogP contribution in [-0.4, -0.2) is 29.5 Å². The van der Waals surface area contributed by atoms with Crippen LogP contribution in [0.15, 0.2) is 23.3 Å². The second kappa shape index (κ2) is 10.4. The lowest BCUT2D eigenvalue weighted by molar-refractivity contribution is -0.139. The highest BCUT2D eigenvalue weighted by Crippen LogP contribution is 2.33. The van der Waals surface area contributed by atoms with Gasteiger partial charge in [-0.3, -0.25) is 14.4 Å². The molecule has 2 rings (SSSR count). The van der Waals surface area contributed by atoms with E-state index in [1.807, 2.05) is 0 Å². The molecule has 1 aliphatic carbocycles. The summed E-state index contributed by atoms with van der Waals surface area (Å²) in [5, 5.41) is 8.53. The van der Waals surface area contributed by atoms with Crippen LogP contribution in [0.4, 0.5) is 18.9 Å². The maximum Gasteiger partial charge on any atom is 0.416 e. The van der Waals surface area contributed by atoms with Gasteiger partial charge in [0.15, 0.2) is 0 Å². The molecule has 0 spiro atoms. The number of amides is 3. The summed E-state index contributed by atoms with van der Waals surface area (Å²) in [5.74, 6) is -2.45. The second-order valence-corrected chi connectivity index (χ2v) is 7.42. The van der Waals surface area contributed by atoms with E-state index in [1.165, 1.54) is 6.92 Å². The molecule has 3 N–H and O–H groups in total. The molecular weight excluding hydrogens is 425 g/mol. The van der Waals surface area contributed by atoms with Gasteiger partial charge in [0.05, 0.1) is 22.7 Å². The van der Waals surface area contributed by atoms with Crippen molar-refractivity contribution in [1.29, 1.82) is 0 Å². The van der Waals surface area contributed by atoms with Gasteiger partial charge in [-0.25, -0.2) is 5.43 Å². The van der Waals surface area contributed by atoms with Crippen molar-refractivity contribution in [3.05, 3.63) is 28.8 Å². The van der Waals surface area contributed by atoms with Gasteiger partial charge in [0.25, 0.3) is 0 Å². The number of anilines is 1. The molecule has 0 heterocycles. The molecular formula is C19H22ClF3N4O3. The molecule has 0 radical (unpaired) electrons. The summed E-state index contributed by atoms with van der Waals surface area (Å²) in [5.41, 5.74) is 1.06. The Morgan fingerprint density at radius 3 is 2.43 bits per heavy atom. The smallest absolute Gasteiger partial charge is 0.345 e. The lowest BCUT2D eigenvalue weighted by Crippen LogP contribution is -2.44. The number of nitrogens with zero attached hydrogens (tertiary/aromatic N) is 1. The molecule has 0 aliphatic heterocycles. The second-order valence-electron chi connectivity index (χ2n) is 7.01. The summed E-state index contributed by atoms with van der Waals surface area (Å²) >= 11 is 5.83. The van der Waals surface area contributed by atoms with Crippen LogP contribution in [-0.2, 0) is 20.6 Å². The van der Waals surface area contributed by atoms with Crippen molar-refractivity contribution >= 4 is 40.7 Å². The molecule has 0 unspecified atom stereocenters. The predicted molar refractivity (Wildman–Crippen MR) is 106 cm³/mol. The molecule has 0 saturated heterocycles. The minimum absolute atomic E-state index is 0.0370. The SMILES string of the molecule is C/C(CC(=O)Nc1cc(C(F)(F)F)ccc1Cl)=N\NC(=O)C(=O)NC1CCCCC1. The normalized spacial score (nSPS) is 15.4. The highest BCUT2D eigenvalue weighted by atomic mass is 35.5. The van der Waals surface area contributed by atoms with Crippen molar-refractivity contribution in [1.82, 2.24) is 10.7 Å². The van der Waals surface area contributed by atoms with Crippen LogP contribution in [0.1, 0.15) is 51.0 Å². The van der Waals surface area contributed by atoms with Crippen LogP contribution >= 0.6 is 11.6 Å². The fourth-order valence-electron chi connectivity index (χ4n) is 2.96. The Balaban J connectivity index is 1.87. The van der Waals surface area contributed by atoms with Crippen LogP contribution in [0, 0.1) is 0 Å². The van der Waals surface area contributed by atoms with Crippen molar-refractivity contribution in [2.24, 2.45) is 5.10 Å². The Bertz CT molecular complexity index is 837. The number of alkyl halides is 3. The van der Waals surface area contributed by atoms with Crippen LogP contribution in [0.25, 0.3) is 0 Å². The third-order valence-electron chi connectivity index (χ3n) is 4.48. The van der Waals surface area contributed by atoms with Gasteiger partial charge in [0, 0.05) is 11.8 Å². The van der Waals surface area contributed by atoms with E-state index in [1.54, 1.807) is 0 Å². The number of benzene rings is 1. The largest absolute Gasteiger partial charge is 0.416 e. The molecule has 0 atom stereocenters. The van der Waals surface area contributed by atoms with Gasteiger partial charge in [0.1, 0.15) is 0 Å². The molecule has 1 aromatic carbocycles. The van der Waals surface area contributed by atoms with Crippen molar-refractivity contribution in [2.75, 3.05) is 5.32 Å². The van der Waals surface area contributed by atoms with Gasteiger partial charge in [-0.1, -0.05) is 30.9 Å². The summed E-state index contributed by atoms with van der Waals surface area (Å²) in [4.78, 5) is 35.7. The molecule has 3 amide bonds. The first-order valence-electron chi connectivity index (χ1n) is 9.37. The van der Waals surface area contributed by atoms with Crippen LogP contribution in [0.3, 0.4) is 0 Å². The Morgan fingerprint density at radius 2 is 1.80 bits per heavy atom. The van der Waals surface area contributed by atoms with Gasteiger partial charge in [-0.15, -0.1) is 0 Å².